The first kappa shape index (κ1) is 13.3. The van der Waals surface area contributed by atoms with Gasteiger partial charge in [0.25, 0.3) is 0 Å². The van der Waals surface area contributed by atoms with Crippen molar-refractivity contribution >= 4 is 16.9 Å². The number of nitriles is 1. The van der Waals surface area contributed by atoms with Crippen molar-refractivity contribution in [3.05, 3.63) is 46.1 Å². The lowest BCUT2D eigenvalue weighted by molar-refractivity contribution is 1.27. The lowest BCUT2D eigenvalue weighted by atomic mass is 10.1. The van der Waals surface area contributed by atoms with Crippen LogP contribution in [0.2, 0.25) is 0 Å². The van der Waals surface area contributed by atoms with Gasteiger partial charge in [-0.15, -0.1) is 11.3 Å². The van der Waals surface area contributed by atoms with Crippen LogP contribution in [0.5, 0.6) is 0 Å². The van der Waals surface area contributed by atoms with Gasteiger partial charge in [0.1, 0.15) is 11.1 Å². The van der Waals surface area contributed by atoms with Crippen LogP contribution in [-0.4, -0.2) is 4.98 Å². The van der Waals surface area contributed by atoms with Crippen LogP contribution >= 0.6 is 11.3 Å². The summed E-state index contributed by atoms with van der Waals surface area (Å²) >= 11 is 1.53. The first-order valence-electron chi connectivity index (χ1n) is 5.93. The second-order valence-electron chi connectivity index (χ2n) is 4.53. The molecule has 0 amide bonds. The summed E-state index contributed by atoms with van der Waals surface area (Å²) in [6.07, 6.45) is 0. The normalized spacial score (nSPS) is 11.9. The smallest absolute Gasteiger partial charge is 0.124 e. The number of aryl methyl sites for hydroxylation is 2. The Balaban J connectivity index is 2.48. The minimum atomic E-state index is 0.451. The van der Waals surface area contributed by atoms with Crippen molar-refractivity contribution in [3.8, 4) is 16.6 Å². The summed E-state index contributed by atoms with van der Waals surface area (Å²) in [5.74, 6) is 0. The first-order valence-corrected chi connectivity index (χ1v) is 6.81. The van der Waals surface area contributed by atoms with Crippen molar-refractivity contribution in [2.75, 3.05) is 0 Å². The van der Waals surface area contributed by atoms with Crippen molar-refractivity contribution in [1.82, 2.24) is 4.98 Å². The summed E-state index contributed by atoms with van der Waals surface area (Å²) in [6.45, 7) is 5.85. The number of aromatic nitrogens is 1. The molecule has 0 fully saturated rings. The van der Waals surface area contributed by atoms with Crippen molar-refractivity contribution < 1.29 is 0 Å². The minimum Gasteiger partial charge on any atom is -0.401 e. The highest BCUT2D eigenvalue weighted by Gasteiger charge is 2.11. The van der Waals surface area contributed by atoms with Crippen molar-refractivity contribution in [3.63, 3.8) is 0 Å². The zero-order valence-electron chi connectivity index (χ0n) is 11.2. The summed E-state index contributed by atoms with van der Waals surface area (Å²) in [5, 5.41) is 11.9. The highest BCUT2D eigenvalue weighted by molar-refractivity contribution is 7.13. The molecule has 4 heteroatoms. The van der Waals surface area contributed by atoms with Gasteiger partial charge in [-0.2, -0.15) is 5.26 Å². The molecule has 1 aromatic carbocycles. The predicted octanol–water partition coefficient (Wildman–Crippen LogP) is 3.64. The molecule has 19 heavy (non-hydrogen) atoms. The highest BCUT2D eigenvalue weighted by atomic mass is 32.1. The van der Waals surface area contributed by atoms with Gasteiger partial charge in [0.15, 0.2) is 0 Å². The van der Waals surface area contributed by atoms with Gasteiger partial charge in [-0.1, -0.05) is 23.8 Å². The average molecular weight is 269 g/mol. The Bertz CT molecular complexity index is 686. The Labute approximate surface area is 117 Å². The van der Waals surface area contributed by atoms with E-state index in [1.807, 2.05) is 5.38 Å². The van der Waals surface area contributed by atoms with E-state index in [-0.39, 0.29) is 0 Å². The number of nitrogens with two attached hydrogens (primary N) is 1. The molecule has 0 spiro atoms. The Hall–Kier alpha value is -2.12. The van der Waals surface area contributed by atoms with Crippen molar-refractivity contribution in [2.45, 2.75) is 20.8 Å². The van der Waals surface area contributed by atoms with Gasteiger partial charge in [0, 0.05) is 16.6 Å². The number of thiazole rings is 1. The third-order valence-corrected chi connectivity index (χ3v) is 3.75. The van der Waals surface area contributed by atoms with Crippen LogP contribution in [0.1, 0.15) is 23.7 Å². The molecule has 0 atom stereocenters. The SMILES string of the molecule is C/C(N)=C(/C#N)c1csc(-c2ccc(C)cc2C)n1. The molecule has 3 nitrogen and oxygen atoms in total. The van der Waals surface area contributed by atoms with Crippen molar-refractivity contribution in [1.29, 1.82) is 5.26 Å². The van der Waals surface area contributed by atoms with Crippen LogP contribution in [0.25, 0.3) is 16.1 Å². The van der Waals surface area contributed by atoms with E-state index in [2.05, 4.69) is 43.1 Å². The Morgan fingerprint density at radius 3 is 2.68 bits per heavy atom. The van der Waals surface area contributed by atoms with E-state index in [4.69, 9.17) is 11.0 Å². The molecular formula is C15H15N3S. The van der Waals surface area contributed by atoms with E-state index in [1.54, 1.807) is 6.92 Å². The van der Waals surface area contributed by atoms with E-state index in [1.165, 1.54) is 22.5 Å². The average Bonchev–Trinajstić information content (AvgIpc) is 2.78. The molecule has 0 aliphatic carbocycles. The van der Waals surface area contributed by atoms with E-state index in [0.29, 0.717) is 17.0 Å². The molecule has 2 aromatic rings. The van der Waals surface area contributed by atoms with E-state index < -0.39 is 0 Å². The van der Waals surface area contributed by atoms with E-state index in [9.17, 15) is 0 Å². The molecule has 2 rings (SSSR count). The third kappa shape index (κ3) is 2.67. The Morgan fingerprint density at radius 2 is 2.11 bits per heavy atom. The molecule has 0 radical (unpaired) electrons. The lowest BCUT2D eigenvalue weighted by Crippen LogP contribution is -1.96. The number of rotatable bonds is 2. The fourth-order valence-corrected chi connectivity index (χ4v) is 2.81. The minimum absolute atomic E-state index is 0.451. The van der Waals surface area contributed by atoms with Crippen LogP contribution < -0.4 is 5.73 Å². The quantitative estimate of drug-likeness (QED) is 0.847. The second-order valence-corrected chi connectivity index (χ2v) is 5.38. The fourth-order valence-electron chi connectivity index (χ4n) is 1.91. The van der Waals surface area contributed by atoms with Gasteiger partial charge in [0.2, 0.25) is 0 Å². The summed E-state index contributed by atoms with van der Waals surface area (Å²) in [4.78, 5) is 4.52. The Kier molecular flexibility index (Phi) is 3.68. The number of hydrogen-bond donors (Lipinski definition) is 1. The molecule has 96 valence electrons. The number of allylic oxidation sites excluding steroid dienone is 2. The van der Waals surface area contributed by atoms with Gasteiger partial charge in [-0.05, 0) is 26.3 Å². The topological polar surface area (TPSA) is 62.7 Å². The van der Waals surface area contributed by atoms with Crippen molar-refractivity contribution in [2.24, 2.45) is 5.73 Å². The molecule has 2 N–H and O–H groups in total. The lowest BCUT2D eigenvalue weighted by Gasteiger charge is -2.03. The monoisotopic (exact) mass is 269 g/mol. The number of benzene rings is 1. The largest absolute Gasteiger partial charge is 0.401 e. The molecule has 1 heterocycles. The van der Waals surface area contributed by atoms with Crippen LogP contribution in [-0.2, 0) is 0 Å². The van der Waals surface area contributed by atoms with E-state index >= 15 is 0 Å². The summed E-state index contributed by atoms with van der Waals surface area (Å²) in [6, 6.07) is 8.37. The molecule has 0 unspecified atom stereocenters. The van der Waals surface area contributed by atoms with Gasteiger partial charge in [0.05, 0.1) is 11.3 Å². The second kappa shape index (κ2) is 5.25. The molecule has 0 aliphatic rings. The zero-order valence-corrected chi connectivity index (χ0v) is 12.0. The maximum atomic E-state index is 9.10. The predicted molar refractivity (Wildman–Crippen MR) is 79.4 cm³/mol. The van der Waals surface area contributed by atoms with E-state index in [0.717, 1.165) is 10.6 Å². The van der Waals surface area contributed by atoms with Gasteiger partial charge in [-0.3, -0.25) is 0 Å². The number of hydrogen-bond acceptors (Lipinski definition) is 4. The van der Waals surface area contributed by atoms with Crippen LogP contribution in [0.4, 0.5) is 0 Å². The van der Waals surface area contributed by atoms with Crippen LogP contribution in [0, 0.1) is 25.2 Å². The first-order chi connectivity index (χ1) is 9.02. The Morgan fingerprint density at radius 1 is 1.37 bits per heavy atom. The maximum absolute atomic E-state index is 9.10. The third-order valence-electron chi connectivity index (χ3n) is 2.88. The molecule has 0 aliphatic heterocycles. The summed E-state index contributed by atoms with van der Waals surface area (Å²) < 4.78 is 0. The standard InChI is InChI=1S/C15H15N3S/c1-9-4-5-12(10(2)6-9)15-18-14(8-19-15)13(7-16)11(3)17/h4-6,8H,17H2,1-3H3/b13-11+. The van der Waals surface area contributed by atoms with Crippen LogP contribution in [0.15, 0.2) is 29.3 Å². The molecule has 0 saturated carbocycles. The van der Waals surface area contributed by atoms with Gasteiger partial charge < -0.3 is 5.73 Å². The zero-order chi connectivity index (χ0) is 14.0. The summed E-state index contributed by atoms with van der Waals surface area (Å²) in [5.41, 5.74) is 10.8. The highest BCUT2D eigenvalue weighted by Crippen LogP contribution is 2.29. The van der Waals surface area contributed by atoms with Gasteiger partial charge >= 0.3 is 0 Å². The van der Waals surface area contributed by atoms with Gasteiger partial charge in [-0.25, -0.2) is 4.98 Å². The molecule has 0 bridgehead atoms. The molecule has 0 saturated heterocycles. The maximum Gasteiger partial charge on any atom is 0.124 e. The fraction of sp³-hybridized carbons (Fsp3) is 0.200. The number of nitrogens with zero attached hydrogens (tertiary/aromatic N) is 2. The van der Waals surface area contributed by atoms with Crippen LogP contribution in [0.3, 0.4) is 0 Å². The summed E-state index contributed by atoms with van der Waals surface area (Å²) in [7, 11) is 0. The molecular weight excluding hydrogens is 254 g/mol. The molecule has 1 aromatic heterocycles.